The van der Waals surface area contributed by atoms with Gasteiger partial charge in [0.05, 0.1) is 33.3 Å². The summed E-state index contributed by atoms with van der Waals surface area (Å²) in [6.07, 6.45) is 0. The van der Waals surface area contributed by atoms with Crippen LogP contribution in [0.1, 0.15) is 0 Å². The predicted octanol–water partition coefficient (Wildman–Crippen LogP) is 15.1. The van der Waals surface area contributed by atoms with Crippen LogP contribution in [-0.2, 0) is 0 Å². The number of hydrogen-bond donors (Lipinski definition) is 0. The molecular formula is C58H36N4. The van der Waals surface area contributed by atoms with Crippen LogP contribution in [0.4, 0.5) is 0 Å². The minimum atomic E-state index is 0.719. The van der Waals surface area contributed by atoms with Crippen LogP contribution in [0.5, 0.6) is 0 Å². The Balaban J connectivity index is 1.01. The van der Waals surface area contributed by atoms with Crippen LogP contribution in [0, 0.1) is 0 Å². The Morgan fingerprint density at radius 3 is 1.68 bits per heavy atom. The maximum Gasteiger partial charge on any atom is 0.161 e. The van der Waals surface area contributed by atoms with Crippen LogP contribution in [0.25, 0.3) is 121 Å². The fourth-order valence-electron chi connectivity index (χ4n) is 9.85. The summed E-state index contributed by atoms with van der Waals surface area (Å²) in [5, 5.41) is 10.5. The molecule has 0 radical (unpaired) electrons. The van der Waals surface area contributed by atoms with Crippen molar-refractivity contribution in [1.29, 1.82) is 0 Å². The molecule has 10 aromatic carbocycles. The summed E-state index contributed by atoms with van der Waals surface area (Å²) in [4.78, 5) is 10.8. The maximum atomic E-state index is 5.44. The molecule has 0 bridgehead atoms. The van der Waals surface area contributed by atoms with Crippen molar-refractivity contribution in [2.45, 2.75) is 0 Å². The third kappa shape index (κ3) is 5.27. The van der Waals surface area contributed by atoms with E-state index in [2.05, 4.69) is 228 Å². The monoisotopic (exact) mass is 788 g/mol. The number of fused-ring (bicyclic) bond motifs is 10. The lowest BCUT2D eigenvalue weighted by molar-refractivity contribution is 1.18. The zero-order chi connectivity index (χ0) is 40.7. The minimum Gasteiger partial charge on any atom is -0.309 e. The van der Waals surface area contributed by atoms with Gasteiger partial charge in [0.25, 0.3) is 0 Å². The zero-order valence-corrected chi connectivity index (χ0v) is 33.6. The van der Waals surface area contributed by atoms with Crippen LogP contribution in [0.15, 0.2) is 218 Å². The first-order valence-corrected chi connectivity index (χ1v) is 21.2. The second-order valence-electron chi connectivity index (χ2n) is 16.2. The summed E-state index contributed by atoms with van der Waals surface area (Å²) in [7, 11) is 0. The normalized spacial score (nSPS) is 11.9. The molecule has 0 aliphatic heterocycles. The van der Waals surface area contributed by atoms with Gasteiger partial charge in [-0.2, -0.15) is 0 Å². The highest BCUT2D eigenvalue weighted by atomic mass is 15.0. The Morgan fingerprint density at radius 1 is 0.290 bits per heavy atom. The van der Waals surface area contributed by atoms with Crippen LogP contribution < -0.4 is 0 Å². The van der Waals surface area contributed by atoms with E-state index >= 15 is 0 Å². The van der Waals surface area contributed by atoms with E-state index in [4.69, 9.17) is 9.97 Å². The van der Waals surface area contributed by atoms with Crippen molar-refractivity contribution in [3.63, 3.8) is 0 Å². The molecule has 13 rings (SSSR count). The van der Waals surface area contributed by atoms with E-state index in [9.17, 15) is 0 Å². The zero-order valence-electron chi connectivity index (χ0n) is 33.6. The van der Waals surface area contributed by atoms with Gasteiger partial charge < -0.3 is 9.13 Å². The molecule has 0 unspecified atom stereocenters. The first kappa shape index (κ1) is 34.5. The highest BCUT2D eigenvalue weighted by molar-refractivity contribution is 6.13. The van der Waals surface area contributed by atoms with Crippen molar-refractivity contribution in [1.82, 2.24) is 19.1 Å². The summed E-state index contributed by atoms with van der Waals surface area (Å²) in [6, 6.07) is 78.6. The van der Waals surface area contributed by atoms with Crippen molar-refractivity contribution in [2.24, 2.45) is 0 Å². The average Bonchev–Trinajstić information content (AvgIpc) is 3.86. The lowest BCUT2D eigenvalue weighted by atomic mass is 9.99. The fourth-order valence-corrected chi connectivity index (χ4v) is 9.85. The van der Waals surface area contributed by atoms with Gasteiger partial charge in [0, 0.05) is 54.8 Å². The van der Waals surface area contributed by atoms with E-state index in [1.165, 1.54) is 49.1 Å². The molecule has 0 N–H and O–H groups in total. The van der Waals surface area contributed by atoms with Gasteiger partial charge in [-0.1, -0.05) is 158 Å². The predicted molar refractivity (Wildman–Crippen MR) is 260 cm³/mol. The smallest absolute Gasteiger partial charge is 0.161 e. The summed E-state index contributed by atoms with van der Waals surface area (Å²) in [5.41, 5.74) is 13.2. The van der Waals surface area contributed by atoms with Crippen molar-refractivity contribution in [3.8, 4) is 45.1 Å². The first-order chi connectivity index (χ1) is 30.7. The molecule has 3 heterocycles. The van der Waals surface area contributed by atoms with E-state index in [0.29, 0.717) is 0 Å². The van der Waals surface area contributed by atoms with Crippen molar-refractivity contribution in [2.75, 3.05) is 0 Å². The van der Waals surface area contributed by atoms with E-state index in [-0.39, 0.29) is 0 Å². The Morgan fingerprint density at radius 2 is 0.855 bits per heavy atom. The van der Waals surface area contributed by atoms with Crippen LogP contribution in [-0.4, -0.2) is 19.1 Å². The highest BCUT2D eigenvalue weighted by Gasteiger charge is 2.19. The molecule has 0 saturated carbocycles. The molecule has 0 aliphatic rings. The molecular weight excluding hydrogens is 753 g/mol. The standard InChI is InChI=1S/C58H36N4/c1-2-18-42(19-3-1)61-53-27-11-9-24-47(53)51-35-39(30-33-54(51)61)40-29-31-48-46-23-8-10-26-52(46)62(55(48)36-40)43-20-12-17-41(34-43)56-50-32-28-38-15-5-7-22-45(38)57(50)60-58(59-56)49-25-13-16-37-14-4-6-21-44(37)49/h1-36H. The fraction of sp³-hybridized carbons (Fsp3) is 0. The SMILES string of the molecule is c1ccc(-n2c3ccccc3c3cc(-c4ccc5c6ccccc6n(-c6cccc(-c7nc(-c8cccc9ccccc89)nc8c7ccc7ccccc78)c6)c5c4)ccc32)cc1. The van der Waals surface area contributed by atoms with E-state index in [1.807, 2.05) is 0 Å². The van der Waals surface area contributed by atoms with Gasteiger partial charge in [0.2, 0.25) is 0 Å². The Bertz CT molecular complexity index is 3920. The molecule has 4 nitrogen and oxygen atoms in total. The third-order valence-corrected chi connectivity index (χ3v) is 12.7. The number of nitrogens with zero attached hydrogens (tertiary/aromatic N) is 4. The molecule has 62 heavy (non-hydrogen) atoms. The number of para-hydroxylation sites is 3. The molecule has 0 atom stereocenters. The molecule has 0 fully saturated rings. The van der Waals surface area contributed by atoms with E-state index < -0.39 is 0 Å². The Kier molecular flexibility index (Phi) is 7.57. The number of benzene rings is 10. The Hall–Kier alpha value is -8.34. The number of aromatic nitrogens is 4. The molecule has 4 heteroatoms. The van der Waals surface area contributed by atoms with Gasteiger partial charge in [-0.3, -0.25) is 0 Å². The van der Waals surface area contributed by atoms with Gasteiger partial charge in [0.15, 0.2) is 5.82 Å². The topological polar surface area (TPSA) is 35.6 Å². The molecule has 288 valence electrons. The molecule has 0 spiro atoms. The van der Waals surface area contributed by atoms with Crippen molar-refractivity contribution < 1.29 is 0 Å². The average molecular weight is 789 g/mol. The number of hydrogen-bond acceptors (Lipinski definition) is 2. The molecule has 13 aromatic rings. The largest absolute Gasteiger partial charge is 0.309 e. The quantitative estimate of drug-likeness (QED) is 0.163. The molecule has 0 amide bonds. The van der Waals surface area contributed by atoms with Gasteiger partial charge in [-0.15, -0.1) is 0 Å². The summed E-state index contributed by atoms with van der Waals surface area (Å²) in [6.45, 7) is 0. The lowest BCUT2D eigenvalue weighted by Crippen LogP contribution is -1.98. The van der Waals surface area contributed by atoms with Gasteiger partial charge in [-0.05, 0) is 87.9 Å². The van der Waals surface area contributed by atoms with Gasteiger partial charge >= 0.3 is 0 Å². The van der Waals surface area contributed by atoms with E-state index in [1.54, 1.807) is 0 Å². The second-order valence-corrected chi connectivity index (χ2v) is 16.2. The molecule has 0 saturated heterocycles. The highest BCUT2D eigenvalue weighted by Crippen LogP contribution is 2.40. The number of rotatable bonds is 5. The molecule has 0 aliphatic carbocycles. The van der Waals surface area contributed by atoms with E-state index in [0.717, 1.165) is 72.1 Å². The maximum absolute atomic E-state index is 5.44. The molecule has 3 aromatic heterocycles. The van der Waals surface area contributed by atoms with Crippen molar-refractivity contribution in [3.05, 3.63) is 218 Å². The van der Waals surface area contributed by atoms with Gasteiger partial charge in [0.1, 0.15) is 0 Å². The summed E-state index contributed by atoms with van der Waals surface area (Å²) in [5.74, 6) is 0.719. The van der Waals surface area contributed by atoms with Crippen molar-refractivity contribution >= 4 is 76.1 Å². The van der Waals surface area contributed by atoms with Gasteiger partial charge in [-0.25, -0.2) is 9.97 Å². The minimum absolute atomic E-state index is 0.719. The Labute approximate surface area is 357 Å². The second kappa shape index (κ2) is 13.6. The van der Waals surface area contributed by atoms with Crippen LogP contribution in [0.2, 0.25) is 0 Å². The summed E-state index contributed by atoms with van der Waals surface area (Å²) >= 11 is 0. The van der Waals surface area contributed by atoms with Crippen LogP contribution >= 0.6 is 0 Å². The summed E-state index contributed by atoms with van der Waals surface area (Å²) < 4.78 is 4.79. The van der Waals surface area contributed by atoms with Crippen LogP contribution in [0.3, 0.4) is 0 Å². The first-order valence-electron chi connectivity index (χ1n) is 21.2. The lowest BCUT2D eigenvalue weighted by Gasteiger charge is -2.14. The third-order valence-electron chi connectivity index (χ3n) is 12.7.